The average molecular weight is 426 g/mol. The molecule has 0 atom stereocenters. The van der Waals surface area contributed by atoms with Gasteiger partial charge in [-0.3, -0.25) is 24.3 Å². The Morgan fingerprint density at radius 1 is 0.812 bits per heavy atom. The van der Waals surface area contributed by atoms with Gasteiger partial charge in [-0.1, -0.05) is 24.3 Å². The predicted molar refractivity (Wildman–Crippen MR) is 119 cm³/mol. The third-order valence-corrected chi connectivity index (χ3v) is 5.99. The van der Waals surface area contributed by atoms with Crippen LogP contribution in [-0.4, -0.2) is 58.7 Å². The van der Waals surface area contributed by atoms with E-state index in [2.05, 4.69) is 9.88 Å². The van der Waals surface area contributed by atoms with Crippen LogP contribution >= 0.6 is 0 Å². The molecule has 0 bridgehead atoms. The van der Waals surface area contributed by atoms with Gasteiger partial charge in [-0.15, -0.1) is 0 Å². The minimum atomic E-state index is -0.297. The van der Waals surface area contributed by atoms with Crippen LogP contribution in [0, 0.1) is 0 Å². The summed E-state index contributed by atoms with van der Waals surface area (Å²) in [6.45, 7) is 2.91. The summed E-state index contributed by atoms with van der Waals surface area (Å²) in [5, 5.41) is 0. The maximum absolute atomic E-state index is 13.1. The van der Waals surface area contributed by atoms with Crippen molar-refractivity contribution >= 4 is 23.4 Å². The van der Waals surface area contributed by atoms with Crippen LogP contribution in [0.3, 0.4) is 0 Å². The molecule has 2 aliphatic rings. The molecule has 0 aliphatic carbocycles. The lowest BCUT2D eigenvalue weighted by Gasteiger charge is -2.36. The van der Waals surface area contributed by atoms with E-state index in [9.17, 15) is 14.4 Å². The quantitative estimate of drug-likeness (QED) is 0.600. The van der Waals surface area contributed by atoms with Crippen LogP contribution in [0.25, 0.3) is 0 Å². The Hall–Kier alpha value is -4.00. The zero-order valence-electron chi connectivity index (χ0n) is 17.5. The number of hydrogen-bond donors (Lipinski definition) is 0. The first-order valence-corrected chi connectivity index (χ1v) is 10.6. The Morgan fingerprint density at radius 2 is 1.47 bits per heavy atom. The van der Waals surface area contributed by atoms with E-state index in [1.165, 1.54) is 4.90 Å². The van der Waals surface area contributed by atoms with E-state index in [1.54, 1.807) is 54.9 Å². The van der Waals surface area contributed by atoms with Gasteiger partial charge in [-0.25, -0.2) is 0 Å². The van der Waals surface area contributed by atoms with Crippen LogP contribution in [0.15, 0.2) is 73.1 Å². The smallest absolute Gasteiger partial charge is 0.261 e. The molecule has 2 aromatic carbocycles. The van der Waals surface area contributed by atoms with Crippen molar-refractivity contribution in [2.24, 2.45) is 0 Å². The molecule has 7 heteroatoms. The van der Waals surface area contributed by atoms with Crippen LogP contribution in [-0.2, 0) is 6.54 Å². The minimum Gasteiger partial charge on any atom is -0.368 e. The van der Waals surface area contributed by atoms with Crippen molar-refractivity contribution in [3.8, 4) is 0 Å². The highest BCUT2D eigenvalue weighted by atomic mass is 16.2. The maximum atomic E-state index is 13.1. The van der Waals surface area contributed by atoms with Gasteiger partial charge in [-0.05, 0) is 42.0 Å². The fraction of sp³-hybridized carbons (Fsp3) is 0.200. The van der Waals surface area contributed by atoms with Gasteiger partial charge >= 0.3 is 0 Å². The summed E-state index contributed by atoms with van der Waals surface area (Å²) in [6.07, 6.45) is 3.54. The van der Waals surface area contributed by atoms with Crippen molar-refractivity contribution in [1.29, 1.82) is 0 Å². The first kappa shape index (κ1) is 19.9. The van der Waals surface area contributed by atoms with Crippen molar-refractivity contribution < 1.29 is 14.4 Å². The molecule has 0 spiro atoms. The van der Waals surface area contributed by atoms with Crippen molar-refractivity contribution in [1.82, 2.24) is 14.8 Å². The number of amides is 3. The van der Waals surface area contributed by atoms with E-state index in [0.29, 0.717) is 29.8 Å². The summed E-state index contributed by atoms with van der Waals surface area (Å²) in [6, 6.07) is 18.0. The number of fused-ring (bicyclic) bond motifs is 1. The number of anilines is 1. The molecule has 3 amide bonds. The van der Waals surface area contributed by atoms with Gasteiger partial charge in [-0.2, -0.15) is 0 Å². The molecule has 1 saturated heterocycles. The Bertz CT molecular complexity index is 1150. The number of piperazine rings is 1. The normalized spacial score (nSPS) is 15.8. The van der Waals surface area contributed by atoms with Gasteiger partial charge in [0.1, 0.15) is 0 Å². The fourth-order valence-electron chi connectivity index (χ4n) is 4.27. The van der Waals surface area contributed by atoms with Gasteiger partial charge in [0.05, 0.1) is 17.7 Å². The Kier molecular flexibility index (Phi) is 5.15. The lowest BCUT2D eigenvalue weighted by atomic mass is 10.1. The van der Waals surface area contributed by atoms with E-state index in [1.807, 2.05) is 23.1 Å². The van der Waals surface area contributed by atoms with Crippen molar-refractivity contribution in [2.75, 3.05) is 31.1 Å². The third-order valence-electron chi connectivity index (χ3n) is 5.99. The molecule has 0 saturated carbocycles. The molecule has 0 N–H and O–H groups in total. The molecule has 5 rings (SSSR count). The standard InChI is InChI=1S/C25H22N4O3/c30-23(28-14-12-27(13-15-28)20-8-10-26-11-9-20)19-5-3-4-18(16-19)17-29-24(31)21-6-1-2-7-22(21)25(29)32/h1-11,16H,12-15,17H2. The molecule has 2 aliphatic heterocycles. The molecule has 1 aromatic heterocycles. The number of rotatable bonds is 4. The predicted octanol–water partition coefficient (Wildman–Crippen LogP) is 2.84. The molecule has 32 heavy (non-hydrogen) atoms. The molecule has 3 aromatic rings. The lowest BCUT2D eigenvalue weighted by Crippen LogP contribution is -2.48. The maximum Gasteiger partial charge on any atom is 0.261 e. The third kappa shape index (κ3) is 3.62. The minimum absolute atomic E-state index is 0.0383. The van der Waals surface area contributed by atoms with Gasteiger partial charge in [0.2, 0.25) is 0 Å². The van der Waals surface area contributed by atoms with Gasteiger partial charge in [0.15, 0.2) is 0 Å². The first-order chi connectivity index (χ1) is 15.6. The van der Waals surface area contributed by atoms with Crippen molar-refractivity contribution in [3.63, 3.8) is 0 Å². The van der Waals surface area contributed by atoms with E-state index < -0.39 is 0 Å². The number of hydrogen-bond acceptors (Lipinski definition) is 5. The summed E-state index contributed by atoms with van der Waals surface area (Å²) in [7, 11) is 0. The monoisotopic (exact) mass is 426 g/mol. The number of nitrogens with zero attached hydrogens (tertiary/aromatic N) is 4. The van der Waals surface area contributed by atoms with Gasteiger partial charge in [0.25, 0.3) is 17.7 Å². The van der Waals surface area contributed by atoms with Crippen LogP contribution < -0.4 is 4.90 Å². The molecule has 160 valence electrons. The second-order valence-corrected chi connectivity index (χ2v) is 7.93. The number of carbonyl (C=O) groups is 3. The van der Waals surface area contributed by atoms with E-state index in [0.717, 1.165) is 24.3 Å². The highest BCUT2D eigenvalue weighted by Gasteiger charge is 2.35. The molecular weight excluding hydrogens is 404 g/mol. The van der Waals surface area contributed by atoms with Crippen LogP contribution in [0.1, 0.15) is 36.6 Å². The van der Waals surface area contributed by atoms with Crippen molar-refractivity contribution in [3.05, 3.63) is 95.3 Å². The molecule has 0 unspecified atom stereocenters. The summed E-state index contributed by atoms with van der Waals surface area (Å²) in [4.78, 5) is 47.8. The molecule has 0 radical (unpaired) electrons. The number of benzene rings is 2. The second-order valence-electron chi connectivity index (χ2n) is 7.93. The summed E-state index contributed by atoms with van der Waals surface area (Å²) < 4.78 is 0. The number of imide groups is 1. The van der Waals surface area contributed by atoms with E-state index in [-0.39, 0.29) is 24.3 Å². The number of carbonyl (C=O) groups excluding carboxylic acids is 3. The second kappa shape index (κ2) is 8.26. The zero-order chi connectivity index (χ0) is 22.1. The van der Waals surface area contributed by atoms with Crippen LogP contribution in [0.5, 0.6) is 0 Å². The van der Waals surface area contributed by atoms with Crippen LogP contribution in [0.4, 0.5) is 5.69 Å². The van der Waals surface area contributed by atoms with E-state index >= 15 is 0 Å². The topological polar surface area (TPSA) is 73.8 Å². The van der Waals surface area contributed by atoms with E-state index in [4.69, 9.17) is 0 Å². The highest BCUT2D eigenvalue weighted by Crippen LogP contribution is 2.25. The first-order valence-electron chi connectivity index (χ1n) is 10.6. The SMILES string of the molecule is O=C(c1cccc(CN2C(=O)c3ccccc3C2=O)c1)N1CCN(c2ccncc2)CC1. The van der Waals surface area contributed by atoms with Crippen molar-refractivity contribution in [2.45, 2.75) is 6.54 Å². The summed E-state index contributed by atoms with van der Waals surface area (Å²) >= 11 is 0. The van der Waals surface area contributed by atoms with Crippen LogP contribution in [0.2, 0.25) is 0 Å². The largest absolute Gasteiger partial charge is 0.368 e. The number of aromatic nitrogens is 1. The molecule has 7 nitrogen and oxygen atoms in total. The highest BCUT2D eigenvalue weighted by molar-refractivity contribution is 6.21. The van der Waals surface area contributed by atoms with Gasteiger partial charge < -0.3 is 9.80 Å². The Balaban J connectivity index is 1.26. The molecular formula is C25H22N4O3. The summed E-state index contributed by atoms with van der Waals surface area (Å²) in [5.74, 6) is -0.632. The van der Waals surface area contributed by atoms with Gasteiger partial charge in [0, 0.05) is 49.8 Å². The molecule has 3 heterocycles. The number of pyridine rings is 1. The zero-order valence-corrected chi connectivity index (χ0v) is 17.5. The Labute approximate surface area is 185 Å². The average Bonchev–Trinajstić information content (AvgIpc) is 3.09. The summed E-state index contributed by atoms with van der Waals surface area (Å²) in [5.41, 5.74) is 3.28. The molecule has 1 fully saturated rings. The lowest BCUT2D eigenvalue weighted by molar-refractivity contribution is 0.0642. The fourth-order valence-corrected chi connectivity index (χ4v) is 4.27. The Morgan fingerprint density at radius 3 is 2.12 bits per heavy atom.